The molecule has 0 saturated heterocycles. The lowest BCUT2D eigenvalue weighted by Gasteiger charge is -2.34. The molecule has 4 rings (SSSR count). The minimum atomic E-state index is -0.423. The molecule has 1 saturated carbocycles. The number of carbonyl (C=O) groups excluding carboxylic acids is 2. The number of rotatable bonds is 4. The highest BCUT2D eigenvalue weighted by molar-refractivity contribution is 6.01. The fourth-order valence-corrected chi connectivity index (χ4v) is 3.52. The molecule has 0 bridgehead atoms. The van der Waals surface area contributed by atoms with E-state index in [2.05, 4.69) is 5.32 Å². The van der Waals surface area contributed by atoms with Crippen molar-refractivity contribution in [2.45, 2.75) is 44.2 Å². The van der Waals surface area contributed by atoms with Gasteiger partial charge in [-0.05, 0) is 43.5 Å². The van der Waals surface area contributed by atoms with E-state index in [-0.39, 0.29) is 30.3 Å². The molecule has 5 nitrogen and oxygen atoms in total. The van der Waals surface area contributed by atoms with Crippen LogP contribution in [0.1, 0.15) is 49.5 Å². The standard InChI is InChI=1S/C19H20N2O3/c1-12(17-7-4-10-24-17)21(13-8-9-13)19(23)15-11-18(22)20-16-6-3-2-5-14(15)16/h2-7,10,12-13,15H,8-9,11H2,1H3,(H,20,22). The van der Waals surface area contributed by atoms with Crippen molar-refractivity contribution < 1.29 is 14.0 Å². The second-order valence-electron chi connectivity index (χ2n) is 6.56. The monoisotopic (exact) mass is 324 g/mol. The number of anilines is 1. The topological polar surface area (TPSA) is 62.6 Å². The van der Waals surface area contributed by atoms with Gasteiger partial charge in [0.25, 0.3) is 0 Å². The second kappa shape index (κ2) is 5.82. The summed E-state index contributed by atoms with van der Waals surface area (Å²) in [4.78, 5) is 27.3. The molecule has 24 heavy (non-hydrogen) atoms. The summed E-state index contributed by atoms with van der Waals surface area (Å²) in [7, 11) is 0. The van der Waals surface area contributed by atoms with E-state index in [9.17, 15) is 9.59 Å². The average Bonchev–Trinajstić information content (AvgIpc) is 3.25. The van der Waals surface area contributed by atoms with E-state index in [0.29, 0.717) is 0 Å². The summed E-state index contributed by atoms with van der Waals surface area (Å²) < 4.78 is 5.51. The third kappa shape index (κ3) is 2.60. The second-order valence-corrected chi connectivity index (χ2v) is 6.56. The van der Waals surface area contributed by atoms with Crippen LogP contribution >= 0.6 is 0 Å². The van der Waals surface area contributed by atoms with Gasteiger partial charge in [0.2, 0.25) is 11.8 Å². The minimum absolute atomic E-state index is 0.0173. The molecule has 1 aliphatic carbocycles. The van der Waals surface area contributed by atoms with Crippen molar-refractivity contribution in [3.05, 3.63) is 54.0 Å². The molecule has 2 amide bonds. The van der Waals surface area contributed by atoms with Gasteiger partial charge < -0.3 is 14.6 Å². The van der Waals surface area contributed by atoms with Crippen LogP contribution in [0.25, 0.3) is 0 Å². The number of nitrogens with zero attached hydrogens (tertiary/aromatic N) is 1. The van der Waals surface area contributed by atoms with E-state index >= 15 is 0 Å². The Morgan fingerprint density at radius 3 is 2.75 bits per heavy atom. The zero-order valence-corrected chi connectivity index (χ0v) is 13.6. The fourth-order valence-electron chi connectivity index (χ4n) is 3.52. The number of carbonyl (C=O) groups is 2. The molecule has 2 unspecified atom stereocenters. The Kier molecular flexibility index (Phi) is 3.63. The Morgan fingerprint density at radius 2 is 2.04 bits per heavy atom. The van der Waals surface area contributed by atoms with Gasteiger partial charge in [-0.2, -0.15) is 0 Å². The first-order valence-corrected chi connectivity index (χ1v) is 8.39. The third-order valence-corrected chi connectivity index (χ3v) is 4.86. The van der Waals surface area contributed by atoms with E-state index in [1.165, 1.54) is 0 Å². The van der Waals surface area contributed by atoms with Gasteiger partial charge in [-0.1, -0.05) is 18.2 Å². The van der Waals surface area contributed by atoms with Crippen molar-refractivity contribution in [2.75, 3.05) is 5.32 Å². The smallest absolute Gasteiger partial charge is 0.231 e. The largest absolute Gasteiger partial charge is 0.467 e. The molecule has 2 atom stereocenters. The van der Waals surface area contributed by atoms with Crippen LogP contribution in [0.4, 0.5) is 5.69 Å². The van der Waals surface area contributed by atoms with Crippen LogP contribution in [0.2, 0.25) is 0 Å². The highest BCUT2D eigenvalue weighted by Gasteiger charge is 2.42. The zero-order valence-electron chi connectivity index (χ0n) is 13.6. The van der Waals surface area contributed by atoms with Crippen LogP contribution in [0, 0.1) is 0 Å². The summed E-state index contributed by atoms with van der Waals surface area (Å²) in [5, 5.41) is 2.86. The van der Waals surface area contributed by atoms with Crippen molar-refractivity contribution in [1.29, 1.82) is 0 Å². The maximum Gasteiger partial charge on any atom is 0.231 e. The molecule has 124 valence electrons. The zero-order chi connectivity index (χ0) is 16.7. The lowest BCUT2D eigenvalue weighted by Crippen LogP contribution is -2.41. The van der Waals surface area contributed by atoms with Crippen molar-refractivity contribution in [2.24, 2.45) is 0 Å². The van der Waals surface area contributed by atoms with Crippen molar-refractivity contribution in [3.63, 3.8) is 0 Å². The Balaban J connectivity index is 1.67. The molecule has 1 aliphatic heterocycles. The predicted octanol–water partition coefficient (Wildman–Crippen LogP) is 3.46. The first-order valence-electron chi connectivity index (χ1n) is 8.39. The van der Waals surface area contributed by atoms with Gasteiger partial charge in [-0.15, -0.1) is 0 Å². The third-order valence-electron chi connectivity index (χ3n) is 4.86. The molecule has 1 aromatic carbocycles. The fraction of sp³-hybridized carbons (Fsp3) is 0.368. The van der Waals surface area contributed by atoms with Crippen molar-refractivity contribution >= 4 is 17.5 Å². The van der Waals surface area contributed by atoms with E-state index in [1.807, 2.05) is 48.2 Å². The minimum Gasteiger partial charge on any atom is -0.467 e. The van der Waals surface area contributed by atoms with Gasteiger partial charge in [-0.25, -0.2) is 0 Å². The number of hydrogen-bond acceptors (Lipinski definition) is 3. The first kappa shape index (κ1) is 15.0. The Hall–Kier alpha value is -2.56. The van der Waals surface area contributed by atoms with Crippen molar-refractivity contribution in [3.8, 4) is 0 Å². The molecule has 2 heterocycles. The van der Waals surface area contributed by atoms with Crippen molar-refractivity contribution in [1.82, 2.24) is 4.90 Å². The SMILES string of the molecule is CC(c1ccco1)N(C(=O)C1CC(=O)Nc2ccccc21)C1CC1. The maximum atomic E-state index is 13.3. The molecule has 0 spiro atoms. The van der Waals surface area contributed by atoms with Crippen LogP contribution < -0.4 is 5.32 Å². The molecule has 2 aliphatic rings. The Labute approximate surface area is 140 Å². The number of nitrogens with one attached hydrogen (secondary N) is 1. The molecule has 2 aromatic rings. The van der Waals surface area contributed by atoms with Crippen LogP contribution in [-0.4, -0.2) is 22.8 Å². The molecule has 1 aromatic heterocycles. The number of hydrogen-bond donors (Lipinski definition) is 1. The highest BCUT2D eigenvalue weighted by Crippen LogP contribution is 2.40. The van der Waals surface area contributed by atoms with Gasteiger partial charge in [0.1, 0.15) is 5.76 Å². The number of para-hydroxylation sites is 1. The van der Waals surface area contributed by atoms with Gasteiger partial charge in [-0.3, -0.25) is 9.59 Å². The van der Waals surface area contributed by atoms with Gasteiger partial charge >= 0.3 is 0 Å². The number of furan rings is 1. The summed E-state index contributed by atoms with van der Waals surface area (Å²) in [6, 6.07) is 11.4. The van der Waals surface area contributed by atoms with Crippen LogP contribution in [0.3, 0.4) is 0 Å². The maximum absolute atomic E-state index is 13.3. The van der Waals surface area contributed by atoms with Gasteiger partial charge in [0.15, 0.2) is 0 Å². The van der Waals surface area contributed by atoms with E-state index < -0.39 is 5.92 Å². The van der Waals surface area contributed by atoms with Gasteiger partial charge in [0.05, 0.1) is 18.2 Å². The average molecular weight is 324 g/mol. The summed E-state index contributed by atoms with van der Waals surface area (Å²) in [6.45, 7) is 1.99. The number of fused-ring (bicyclic) bond motifs is 1. The Bertz CT molecular complexity index is 765. The lowest BCUT2D eigenvalue weighted by molar-refractivity contribution is -0.138. The molecule has 0 radical (unpaired) electrons. The quantitative estimate of drug-likeness (QED) is 0.937. The highest BCUT2D eigenvalue weighted by atomic mass is 16.3. The normalized spacial score (nSPS) is 20.9. The van der Waals surface area contributed by atoms with Crippen LogP contribution in [0.15, 0.2) is 47.1 Å². The molecular formula is C19H20N2O3. The van der Waals surface area contributed by atoms with E-state index in [1.54, 1.807) is 6.26 Å². The summed E-state index contributed by atoms with van der Waals surface area (Å²) in [5.74, 6) is 0.272. The lowest BCUT2D eigenvalue weighted by atomic mass is 9.89. The summed E-state index contributed by atoms with van der Waals surface area (Å²) in [6.07, 6.45) is 3.85. The van der Waals surface area contributed by atoms with Crippen LogP contribution in [-0.2, 0) is 9.59 Å². The molecular weight excluding hydrogens is 304 g/mol. The Morgan fingerprint density at radius 1 is 1.25 bits per heavy atom. The summed E-state index contributed by atoms with van der Waals surface area (Å²) in [5.41, 5.74) is 1.65. The number of benzene rings is 1. The van der Waals surface area contributed by atoms with E-state index in [0.717, 1.165) is 29.9 Å². The molecule has 5 heteroatoms. The number of amides is 2. The molecule has 1 fully saturated rings. The molecule has 1 N–H and O–H groups in total. The summed E-state index contributed by atoms with van der Waals surface area (Å²) >= 11 is 0. The van der Waals surface area contributed by atoms with Gasteiger partial charge in [0, 0.05) is 18.2 Å². The van der Waals surface area contributed by atoms with E-state index in [4.69, 9.17) is 4.42 Å². The van der Waals surface area contributed by atoms with Crippen LogP contribution in [0.5, 0.6) is 0 Å². The first-order chi connectivity index (χ1) is 11.6. The predicted molar refractivity (Wildman–Crippen MR) is 89.4 cm³/mol.